The van der Waals surface area contributed by atoms with Crippen LogP contribution in [0, 0.1) is 5.92 Å². The van der Waals surface area contributed by atoms with Crippen molar-refractivity contribution in [3.8, 4) is 11.5 Å². The molecule has 0 aromatic heterocycles. The van der Waals surface area contributed by atoms with Crippen molar-refractivity contribution in [3.63, 3.8) is 0 Å². The largest absolute Gasteiger partial charge is 0.493 e. The quantitative estimate of drug-likeness (QED) is 0.848. The van der Waals surface area contributed by atoms with Crippen LogP contribution < -0.4 is 9.47 Å². The number of rotatable bonds is 4. The minimum absolute atomic E-state index is 0.0685. The Morgan fingerprint density at radius 3 is 2.75 bits per heavy atom. The molecule has 1 aromatic carbocycles. The van der Waals surface area contributed by atoms with Gasteiger partial charge in [0.15, 0.2) is 23.4 Å². The predicted octanol–water partition coefficient (Wildman–Crippen LogP) is 3.49. The molecule has 3 aliphatic rings. The second-order valence-electron chi connectivity index (χ2n) is 6.86. The van der Waals surface area contributed by atoms with Crippen molar-refractivity contribution in [2.24, 2.45) is 11.1 Å². The molecule has 2 fully saturated rings. The van der Waals surface area contributed by atoms with Crippen LogP contribution in [0.4, 0.5) is 0 Å². The number of Topliss-reactive ketones (excluding diaryl/α,β-unsaturated/α-hetero) is 1. The van der Waals surface area contributed by atoms with E-state index in [9.17, 15) is 4.79 Å². The molecule has 0 amide bonds. The van der Waals surface area contributed by atoms with Gasteiger partial charge in [0.05, 0.1) is 24.8 Å². The lowest BCUT2D eigenvalue weighted by atomic mass is 9.81. The van der Waals surface area contributed by atoms with Crippen LogP contribution in [0.5, 0.6) is 11.5 Å². The van der Waals surface area contributed by atoms with Crippen molar-refractivity contribution in [1.82, 2.24) is 0 Å². The van der Waals surface area contributed by atoms with E-state index in [1.807, 2.05) is 18.2 Å². The van der Waals surface area contributed by atoms with Crippen LogP contribution in [-0.2, 0) is 9.63 Å². The summed E-state index contributed by atoms with van der Waals surface area (Å²) in [6, 6.07) is 5.88. The number of carbonyl (C=O) groups is 1. The molecule has 2 saturated carbocycles. The summed E-state index contributed by atoms with van der Waals surface area (Å²) in [6.45, 7) is 0. The summed E-state index contributed by atoms with van der Waals surface area (Å²) in [4.78, 5) is 17.4. The zero-order valence-corrected chi connectivity index (χ0v) is 14.0. The first-order valence-electron chi connectivity index (χ1n) is 8.88. The molecule has 0 radical (unpaired) electrons. The van der Waals surface area contributed by atoms with Crippen molar-refractivity contribution in [1.29, 1.82) is 0 Å². The zero-order chi connectivity index (χ0) is 16.5. The highest BCUT2D eigenvalue weighted by atomic mass is 16.6. The second kappa shape index (κ2) is 6.46. The molecule has 0 saturated heterocycles. The number of nitrogens with zero attached hydrogens (tertiary/aromatic N) is 1. The number of carbonyl (C=O) groups excluding carboxylic acids is 1. The monoisotopic (exact) mass is 329 g/mol. The number of benzene rings is 1. The fourth-order valence-electron chi connectivity index (χ4n) is 3.99. The van der Waals surface area contributed by atoms with Crippen LogP contribution in [0.2, 0.25) is 0 Å². The van der Waals surface area contributed by atoms with Gasteiger partial charge in [0, 0.05) is 12.0 Å². The Morgan fingerprint density at radius 1 is 1.12 bits per heavy atom. The summed E-state index contributed by atoms with van der Waals surface area (Å²) in [5.41, 5.74) is 1.83. The van der Waals surface area contributed by atoms with Gasteiger partial charge in [-0.15, -0.1) is 0 Å². The molecule has 4 rings (SSSR count). The molecular weight excluding hydrogens is 306 g/mol. The molecule has 128 valence electrons. The van der Waals surface area contributed by atoms with E-state index < -0.39 is 6.10 Å². The fourth-order valence-corrected chi connectivity index (χ4v) is 3.99. The molecule has 1 aliphatic heterocycles. The lowest BCUT2D eigenvalue weighted by Crippen LogP contribution is -2.35. The van der Waals surface area contributed by atoms with Crippen LogP contribution >= 0.6 is 0 Å². The summed E-state index contributed by atoms with van der Waals surface area (Å²) >= 11 is 0. The minimum atomic E-state index is -0.393. The van der Waals surface area contributed by atoms with Crippen LogP contribution in [0.25, 0.3) is 0 Å². The number of hydrogen-bond acceptors (Lipinski definition) is 5. The molecule has 2 atom stereocenters. The molecule has 0 spiro atoms. The summed E-state index contributed by atoms with van der Waals surface area (Å²) in [5, 5.41) is 4.23. The van der Waals surface area contributed by atoms with Crippen molar-refractivity contribution >= 4 is 11.5 Å². The van der Waals surface area contributed by atoms with Crippen LogP contribution in [-0.4, -0.2) is 30.8 Å². The number of oxime groups is 1. The molecule has 2 unspecified atom stereocenters. The molecular formula is C19H23NO4. The van der Waals surface area contributed by atoms with E-state index in [-0.39, 0.29) is 17.8 Å². The maximum atomic E-state index is 12.0. The highest BCUT2D eigenvalue weighted by molar-refractivity contribution is 6.07. The Labute approximate surface area is 142 Å². The highest BCUT2D eigenvalue weighted by Crippen LogP contribution is 2.37. The summed E-state index contributed by atoms with van der Waals surface area (Å²) in [5.74, 6) is 1.73. The Bertz CT molecular complexity index is 663. The molecule has 0 N–H and O–H groups in total. The maximum absolute atomic E-state index is 12.0. The SMILES string of the molecule is COc1ccc(C2=NOC3C(=O)CCCC23)cc1OC1CCCC1. The van der Waals surface area contributed by atoms with Crippen molar-refractivity contribution in [3.05, 3.63) is 23.8 Å². The van der Waals surface area contributed by atoms with Crippen LogP contribution in [0.3, 0.4) is 0 Å². The van der Waals surface area contributed by atoms with Gasteiger partial charge in [0.2, 0.25) is 0 Å². The number of hydrogen-bond donors (Lipinski definition) is 0. The van der Waals surface area contributed by atoms with Gasteiger partial charge in [-0.25, -0.2) is 0 Å². The minimum Gasteiger partial charge on any atom is -0.493 e. The van der Waals surface area contributed by atoms with E-state index in [1.165, 1.54) is 12.8 Å². The molecule has 5 heteroatoms. The first-order chi connectivity index (χ1) is 11.8. The Balaban J connectivity index is 1.60. The predicted molar refractivity (Wildman–Crippen MR) is 89.6 cm³/mol. The summed E-state index contributed by atoms with van der Waals surface area (Å²) in [7, 11) is 1.66. The van der Waals surface area contributed by atoms with E-state index in [4.69, 9.17) is 14.3 Å². The van der Waals surface area contributed by atoms with Gasteiger partial charge < -0.3 is 14.3 Å². The first-order valence-corrected chi connectivity index (χ1v) is 8.88. The van der Waals surface area contributed by atoms with E-state index in [0.717, 1.165) is 48.5 Å². The van der Waals surface area contributed by atoms with Gasteiger partial charge in [0.25, 0.3) is 0 Å². The summed E-state index contributed by atoms with van der Waals surface area (Å²) < 4.78 is 11.6. The van der Waals surface area contributed by atoms with E-state index in [2.05, 4.69) is 5.16 Å². The maximum Gasteiger partial charge on any atom is 0.193 e. The number of ketones is 1. The number of fused-ring (bicyclic) bond motifs is 1. The zero-order valence-electron chi connectivity index (χ0n) is 14.0. The van der Waals surface area contributed by atoms with E-state index in [1.54, 1.807) is 7.11 Å². The van der Waals surface area contributed by atoms with Gasteiger partial charge in [-0.1, -0.05) is 5.16 Å². The van der Waals surface area contributed by atoms with Gasteiger partial charge in [-0.2, -0.15) is 0 Å². The topological polar surface area (TPSA) is 57.1 Å². The van der Waals surface area contributed by atoms with Gasteiger partial charge in [-0.05, 0) is 56.7 Å². The van der Waals surface area contributed by atoms with E-state index in [0.29, 0.717) is 6.42 Å². The number of methoxy groups -OCH3 is 1. The third-order valence-corrected chi connectivity index (χ3v) is 5.29. The van der Waals surface area contributed by atoms with Crippen molar-refractivity contribution in [2.45, 2.75) is 57.2 Å². The van der Waals surface area contributed by atoms with Crippen LogP contribution in [0.1, 0.15) is 50.5 Å². The lowest BCUT2D eigenvalue weighted by molar-refractivity contribution is -0.133. The highest BCUT2D eigenvalue weighted by Gasteiger charge is 2.42. The van der Waals surface area contributed by atoms with Crippen molar-refractivity contribution < 1.29 is 19.1 Å². The normalized spacial score (nSPS) is 26.7. The molecule has 1 aromatic rings. The van der Waals surface area contributed by atoms with Crippen LogP contribution in [0.15, 0.2) is 23.4 Å². The van der Waals surface area contributed by atoms with Gasteiger partial charge in [-0.3, -0.25) is 4.79 Å². The summed E-state index contributed by atoms with van der Waals surface area (Å²) in [6.07, 6.45) is 6.95. The van der Waals surface area contributed by atoms with Gasteiger partial charge >= 0.3 is 0 Å². The Morgan fingerprint density at radius 2 is 1.96 bits per heavy atom. The number of ether oxygens (including phenoxy) is 2. The fraction of sp³-hybridized carbons (Fsp3) is 0.579. The molecule has 1 heterocycles. The smallest absolute Gasteiger partial charge is 0.193 e. The molecule has 24 heavy (non-hydrogen) atoms. The van der Waals surface area contributed by atoms with Gasteiger partial charge in [0.1, 0.15) is 0 Å². The van der Waals surface area contributed by atoms with E-state index >= 15 is 0 Å². The molecule has 5 nitrogen and oxygen atoms in total. The third-order valence-electron chi connectivity index (χ3n) is 5.29. The molecule has 2 aliphatic carbocycles. The Hall–Kier alpha value is -2.04. The second-order valence-corrected chi connectivity index (χ2v) is 6.86. The lowest BCUT2D eigenvalue weighted by Gasteiger charge is -2.23. The molecule has 0 bridgehead atoms. The van der Waals surface area contributed by atoms with Crippen molar-refractivity contribution in [2.75, 3.05) is 7.11 Å². The average molecular weight is 329 g/mol. The Kier molecular flexibility index (Phi) is 4.17. The first kappa shape index (κ1) is 15.5. The standard InChI is InChI=1S/C19H23NO4/c1-22-16-10-9-12(11-17(16)23-13-5-2-3-6-13)18-14-7-4-8-15(21)19(14)24-20-18/h9-11,13-14,19H,2-8H2,1H3. The third kappa shape index (κ3) is 2.76. The average Bonchev–Trinajstić information content (AvgIpc) is 3.25.